The summed E-state index contributed by atoms with van der Waals surface area (Å²) in [6, 6.07) is 4.58. The van der Waals surface area contributed by atoms with Crippen LogP contribution in [0.4, 0.5) is 0 Å². The van der Waals surface area contributed by atoms with Crippen molar-refractivity contribution in [2.75, 3.05) is 13.7 Å². The fourth-order valence-electron chi connectivity index (χ4n) is 1.67. The lowest BCUT2D eigenvalue weighted by atomic mass is 10.1. The predicted molar refractivity (Wildman–Crippen MR) is 83.0 cm³/mol. The van der Waals surface area contributed by atoms with Crippen LogP contribution >= 0.6 is 15.9 Å². The van der Waals surface area contributed by atoms with Gasteiger partial charge in [-0.05, 0) is 53.4 Å². The molecule has 1 rings (SSSR count). The molecule has 19 heavy (non-hydrogen) atoms. The molecule has 0 spiro atoms. The lowest BCUT2D eigenvalue weighted by Gasteiger charge is -2.18. The second kappa shape index (κ2) is 7.75. The Balaban J connectivity index is 2.83. The quantitative estimate of drug-likeness (QED) is 0.820. The van der Waals surface area contributed by atoms with Crippen molar-refractivity contribution < 1.29 is 9.47 Å². The molecule has 0 amide bonds. The van der Waals surface area contributed by atoms with E-state index in [9.17, 15) is 0 Å². The first-order valence-electron chi connectivity index (χ1n) is 6.72. The van der Waals surface area contributed by atoms with Gasteiger partial charge in [0, 0.05) is 12.6 Å². The minimum absolute atomic E-state index is 0.483. The van der Waals surface area contributed by atoms with Crippen molar-refractivity contribution in [2.24, 2.45) is 5.92 Å². The zero-order chi connectivity index (χ0) is 14.4. The van der Waals surface area contributed by atoms with Crippen LogP contribution in [0.25, 0.3) is 0 Å². The van der Waals surface area contributed by atoms with Crippen molar-refractivity contribution in [1.29, 1.82) is 0 Å². The van der Waals surface area contributed by atoms with Crippen LogP contribution in [0, 0.1) is 5.92 Å². The molecule has 0 fully saturated rings. The van der Waals surface area contributed by atoms with E-state index in [-0.39, 0.29) is 0 Å². The summed E-state index contributed by atoms with van der Waals surface area (Å²) in [5, 5.41) is 3.51. The molecule has 0 bridgehead atoms. The Bertz CT molecular complexity index is 407. The fourth-order valence-corrected chi connectivity index (χ4v) is 2.28. The van der Waals surface area contributed by atoms with Crippen LogP contribution in [0.5, 0.6) is 11.5 Å². The first-order valence-corrected chi connectivity index (χ1v) is 7.51. The molecule has 4 heteroatoms. The van der Waals surface area contributed by atoms with Gasteiger partial charge in [-0.15, -0.1) is 0 Å². The van der Waals surface area contributed by atoms with E-state index in [1.54, 1.807) is 7.11 Å². The molecular formula is C15H24BrNO2. The van der Waals surface area contributed by atoms with Crippen LogP contribution in [-0.2, 0) is 6.54 Å². The minimum atomic E-state index is 0.483. The minimum Gasteiger partial charge on any atom is -0.493 e. The van der Waals surface area contributed by atoms with E-state index in [0.29, 0.717) is 18.6 Å². The normalized spacial score (nSPS) is 12.6. The van der Waals surface area contributed by atoms with Gasteiger partial charge in [-0.3, -0.25) is 0 Å². The summed E-state index contributed by atoms with van der Waals surface area (Å²) in [6.07, 6.45) is 0. The average molecular weight is 330 g/mol. The van der Waals surface area contributed by atoms with Gasteiger partial charge in [0.15, 0.2) is 11.5 Å². The summed E-state index contributed by atoms with van der Waals surface area (Å²) in [5.74, 6) is 2.16. The molecule has 3 nitrogen and oxygen atoms in total. The summed E-state index contributed by atoms with van der Waals surface area (Å²) in [6.45, 7) is 10.0. The SMILES string of the molecule is CCOc1c(Br)cc(CNC(C)C(C)C)cc1OC. The summed E-state index contributed by atoms with van der Waals surface area (Å²) in [4.78, 5) is 0. The molecule has 108 valence electrons. The highest BCUT2D eigenvalue weighted by Crippen LogP contribution is 2.36. The molecule has 0 radical (unpaired) electrons. The fraction of sp³-hybridized carbons (Fsp3) is 0.600. The molecule has 1 N–H and O–H groups in total. The van der Waals surface area contributed by atoms with Gasteiger partial charge < -0.3 is 14.8 Å². The average Bonchev–Trinajstić information content (AvgIpc) is 2.38. The molecule has 0 saturated heterocycles. The molecule has 0 aliphatic rings. The topological polar surface area (TPSA) is 30.5 Å². The predicted octanol–water partition coefficient (Wildman–Crippen LogP) is 3.99. The van der Waals surface area contributed by atoms with Crippen molar-refractivity contribution in [1.82, 2.24) is 5.32 Å². The summed E-state index contributed by atoms with van der Waals surface area (Å²) < 4.78 is 11.9. The van der Waals surface area contributed by atoms with Gasteiger partial charge in [0.25, 0.3) is 0 Å². The molecule has 1 aromatic carbocycles. The van der Waals surface area contributed by atoms with E-state index >= 15 is 0 Å². The van der Waals surface area contributed by atoms with Gasteiger partial charge in [-0.2, -0.15) is 0 Å². The van der Waals surface area contributed by atoms with E-state index in [1.807, 2.05) is 13.0 Å². The third-order valence-corrected chi connectivity index (χ3v) is 3.80. The molecular weight excluding hydrogens is 306 g/mol. The standard InChI is InChI=1S/C15H24BrNO2/c1-6-19-15-13(16)7-12(8-14(15)18-5)9-17-11(4)10(2)3/h7-8,10-11,17H,6,9H2,1-5H3. The van der Waals surface area contributed by atoms with Gasteiger partial charge in [0.05, 0.1) is 18.2 Å². The Hall–Kier alpha value is -0.740. The van der Waals surface area contributed by atoms with E-state index in [4.69, 9.17) is 9.47 Å². The lowest BCUT2D eigenvalue weighted by molar-refractivity contribution is 0.308. The van der Waals surface area contributed by atoms with Gasteiger partial charge in [-0.25, -0.2) is 0 Å². The maximum absolute atomic E-state index is 5.59. The van der Waals surface area contributed by atoms with Crippen LogP contribution in [-0.4, -0.2) is 19.8 Å². The Labute approximate surface area is 124 Å². The van der Waals surface area contributed by atoms with Crippen LogP contribution in [0.3, 0.4) is 0 Å². The van der Waals surface area contributed by atoms with Crippen molar-refractivity contribution in [3.63, 3.8) is 0 Å². The molecule has 0 aliphatic carbocycles. The Morgan fingerprint density at radius 2 is 1.95 bits per heavy atom. The zero-order valence-electron chi connectivity index (χ0n) is 12.4. The smallest absolute Gasteiger partial charge is 0.175 e. The van der Waals surface area contributed by atoms with Crippen LogP contribution in [0.1, 0.15) is 33.3 Å². The molecule has 1 unspecified atom stereocenters. The summed E-state index contributed by atoms with van der Waals surface area (Å²) in [5.41, 5.74) is 1.18. The van der Waals surface area contributed by atoms with Crippen LogP contribution in [0.2, 0.25) is 0 Å². The van der Waals surface area contributed by atoms with Gasteiger partial charge >= 0.3 is 0 Å². The number of nitrogens with one attached hydrogen (secondary N) is 1. The van der Waals surface area contributed by atoms with E-state index in [2.05, 4.69) is 48.1 Å². The van der Waals surface area contributed by atoms with E-state index < -0.39 is 0 Å². The second-order valence-corrected chi connectivity index (χ2v) is 5.81. The van der Waals surface area contributed by atoms with Crippen LogP contribution in [0.15, 0.2) is 16.6 Å². The number of ether oxygens (including phenoxy) is 2. The number of methoxy groups -OCH3 is 1. The first-order chi connectivity index (χ1) is 8.99. The number of hydrogen-bond donors (Lipinski definition) is 1. The molecule has 0 aliphatic heterocycles. The van der Waals surface area contributed by atoms with Crippen molar-refractivity contribution in [3.8, 4) is 11.5 Å². The maximum Gasteiger partial charge on any atom is 0.175 e. The first kappa shape index (κ1) is 16.3. The molecule has 0 aromatic heterocycles. The third-order valence-electron chi connectivity index (χ3n) is 3.21. The van der Waals surface area contributed by atoms with E-state index in [1.165, 1.54) is 5.56 Å². The largest absolute Gasteiger partial charge is 0.493 e. The lowest BCUT2D eigenvalue weighted by Crippen LogP contribution is -2.30. The molecule has 0 heterocycles. The Morgan fingerprint density at radius 3 is 2.47 bits per heavy atom. The molecule has 1 aromatic rings. The Kier molecular flexibility index (Phi) is 6.66. The third kappa shape index (κ3) is 4.69. The van der Waals surface area contributed by atoms with Crippen molar-refractivity contribution >= 4 is 15.9 Å². The highest BCUT2D eigenvalue weighted by Gasteiger charge is 2.12. The maximum atomic E-state index is 5.59. The highest BCUT2D eigenvalue weighted by atomic mass is 79.9. The number of halogens is 1. The summed E-state index contributed by atoms with van der Waals surface area (Å²) >= 11 is 3.54. The van der Waals surface area contributed by atoms with Gasteiger partial charge in [-0.1, -0.05) is 13.8 Å². The molecule has 1 atom stereocenters. The van der Waals surface area contributed by atoms with Crippen LogP contribution < -0.4 is 14.8 Å². The van der Waals surface area contributed by atoms with E-state index in [0.717, 1.165) is 22.5 Å². The second-order valence-electron chi connectivity index (χ2n) is 4.96. The van der Waals surface area contributed by atoms with Crippen molar-refractivity contribution in [2.45, 2.75) is 40.3 Å². The number of benzene rings is 1. The number of hydrogen-bond acceptors (Lipinski definition) is 3. The molecule has 0 saturated carbocycles. The Morgan fingerprint density at radius 1 is 1.26 bits per heavy atom. The zero-order valence-corrected chi connectivity index (χ0v) is 14.0. The monoisotopic (exact) mass is 329 g/mol. The van der Waals surface area contributed by atoms with Gasteiger partial charge in [0.2, 0.25) is 0 Å². The van der Waals surface area contributed by atoms with Crippen molar-refractivity contribution in [3.05, 3.63) is 22.2 Å². The number of rotatable bonds is 7. The highest BCUT2D eigenvalue weighted by molar-refractivity contribution is 9.10. The summed E-state index contributed by atoms with van der Waals surface area (Å²) in [7, 11) is 1.66. The van der Waals surface area contributed by atoms with Gasteiger partial charge in [0.1, 0.15) is 0 Å².